The molecule has 10 nitrogen and oxygen atoms in total. The molecule has 1 aromatic carbocycles. The first-order valence-electron chi connectivity index (χ1n) is 9.71. The lowest BCUT2D eigenvalue weighted by atomic mass is 10.1. The first kappa shape index (κ1) is 24.3. The Morgan fingerprint density at radius 2 is 2.06 bits per heavy atom. The van der Waals surface area contributed by atoms with Crippen LogP contribution in [0.1, 0.15) is 23.9 Å². The maximum Gasteiger partial charge on any atom is 0.349 e. The summed E-state index contributed by atoms with van der Waals surface area (Å²) < 4.78 is 12.2. The molecule has 0 aliphatic heterocycles. The van der Waals surface area contributed by atoms with Gasteiger partial charge in [0.05, 0.1) is 11.5 Å². The summed E-state index contributed by atoms with van der Waals surface area (Å²) in [6.45, 7) is 6.26. The van der Waals surface area contributed by atoms with Crippen LogP contribution in [0.4, 0.5) is 11.4 Å². The molecule has 1 aromatic heterocycles. The molecular weight excluding hydrogens is 416 g/mol. The number of esters is 1. The first-order chi connectivity index (χ1) is 15.2. The fourth-order valence-corrected chi connectivity index (χ4v) is 3.01. The second kappa shape index (κ2) is 10.9. The minimum atomic E-state index is -1.23. The summed E-state index contributed by atoms with van der Waals surface area (Å²) in [4.78, 5) is 35.0. The number of nitrogens with zero attached hydrogens (tertiary/aromatic N) is 3. The van der Waals surface area contributed by atoms with Gasteiger partial charge >= 0.3 is 5.97 Å². The highest BCUT2D eigenvalue weighted by atomic mass is 16.6. The number of aromatic nitrogens is 1. The van der Waals surface area contributed by atoms with Crippen molar-refractivity contribution in [2.45, 2.75) is 33.4 Å². The molecule has 10 heteroatoms. The van der Waals surface area contributed by atoms with Crippen LogP contribution in [0.5, 0.6) is 0 Å². The summed E-state index contributed by atoms with van der Waals surface area (Å²) in [5, 5.41) is 22.7. The largest absolute Gasteiger partial charge is 0.448 e. The molecule has 0 aliphatic rings. The van der Waals surface area contributed by atoms with Gasteiger partial charge in [0.15, 0.2) is 6.10 Å². The summed E-state index contributed by atoms with van der Waals surface area (Å²) in [7, 11) is 1.61. The lowest BCUT2D eigenvalue weighted by Gasteiger charge is -2.13. The Labute approximate surface area is 185 Å². The number of nitrogens with one attached hydrogen (secondary N) is 1. The summed E-state index contributed by atoms with van der Waals surface area (Å²) in [6, 6.07) is 9.02. The van der Waals surface area contributed by atoms with Crippen LogP contribution in [0.2, 0.25) is 0 Å². The lowest BCUT2D eigenvalue weighted by molar-refractivity contribution is -0.384. The third-order valence-electron chi connectivity index (χ3n) is 4.75. The van der Waals surface area contributed by atoms with Crippen LogP contribution in [0.15, 0.2) is 35.9 Å². The number of aryl methyl sites for hydroxylation is 1. The molecule has 2 rings (SSSR count). The van der Waals surface area contributed by atoms with E-state index in [1.807, 2.05) is 30.6 Å². The molecule has 0 spiro atoms. The highest BCUT2D eigenvalue weighted by molar-refractivity contribution is 6.01. The van der Waals surface area contributed by atoms with E-state index < -0.39 is 22.9 Å². The predicted molar refractivity (Wildman–Crippen MR) is 117 cm³/mol. The van der Waals surface area contributed by atoms with Gasteiger partial charge in [0.2, 0.25) is 0 Å². The van der Waals surface area contributed by atoms with Gasteiger partial charge in [-0.05, 0) is 44.5 Å². The summed E-state index contributed by atoms with van der Waals surface area (Å²) >= 11 is 0. The number of ether oxygens (including phenoxy) is 2. The van der Waals surface area contributed by atoms with Gasteiger partial charge in [0, 0.05) is 42.9 Å². The number of nitriles is 1. The Balaban J connectivity index is 2.11. The molecule has 0 unspecified atom stereocenters. The van der Waals surface area contributed by atoms with Crippen LogP contribution in [-0.2, 0) is 25.6 Å². The number of hydrogen-bond donors (Lipinski definition) is 1. The molecule has 0 bridgehead atoms. The van der Waals surface area contributed by atoms with Gasteiger partial charge in [0.25, 0.3) is 11.6 Å². The van der Waals surface area contributed by atoms with Crippen molar-refractivity contribution in [1.29, 1.82) is 5.26 Å². The Hall–Kier alpha value is -3.97. The van der Waals surface area contributed by atoms with Crippen molar-refractivity contribution in [3.8, 4) is 6.07 Å². The van der Waals surface area contributed by atoms with E-state index in [1.165, 1.54) is 37.3 Å². The second-order valence-corrected chi connectivity index (χ2v) is 6.98. The number of hydrogen-bond acceptors (Lipinski definition) is 7. The molecule has 0 radical (unpaired) electrons. The summed E-state index contributed by atoms with van der Waals surface area (Å²) in [6.07, 6.45) is 0.187. The number of non-ortho nitro benzene ring substituents is 1. The maximum atomic E-state index is 12.5. The van der Waals surface area contributed by atoms with Crippen molar-refractivity contribution in [2.24, 2.45) is 0 Å². The summed E-state index contributed by atoms with van der Waals surface area (Å²) in [5.74, 6) is -1.63. The lowest BCUT2D eigenvalue weighted by Crippen LogP contribution is -2.30. The Bertz CT molecular complexity index is 1100. The van der Waals surface area contributed by atoms with Crippen molar-refractivity contribution in [3.05, 3.63) is 63.0 Å². The van der Waals surface area contributed by atoms with E-state index in [0.29, 0.717) is 18.7 Å². The number of nitro groups is 1. The summed E-state index contributed by atoms with van der Waals surface area (Å²) in [5.41, 5.74) is 2.22. The van der Waals surface area contributed by atoms with Crippen LogP contribution >= 0.6 is 0 Å². The zero-order chi connectivity index (χ0) is 23.8. The molecule has 0 fully saturated rings. The van der Waals surface area contributed by atoms with Crippen molar-refractivity contribution in [2.75, 3.05) is 19.0 Å². The van der Waals surface area contributed by atoms with E-state index in [0.717, 1.165) is 11.4 Å². The minimum Gasteiger partial charge on any atom is -0.448 e. The molecule has 168 valence electrons. The maximum absolute atomic E-state index is 12.5. The monoisotopic (exact) mass is 440 g/mol. The van der Waals surface area contributed by atoms with Gasteiger partial charge in [-0.25, -0.2) is 4.79 Å². The molecule has 2 aromatic rings. The zero-order valence-corrected chi connectivity index (χ0v) is 18.2. The fraction of sp³-hybridized carbons (Fsp3) is 0.318. The van der Waals surface area contributed by atoms with Crippen molar-refractivity contribution in [3.63, 3.8) is 0 Å². The smallest absolute Gasteiger partial charge is 0.349 e. The molecule has 0 saturated heterocycles. The molecule has 1 atom stereocenters. The molecule has 1 N–H and O–H groups in total. The van der Waals surface area contributed by atoms with Gasteiger partial charge in [-0.3, -0.25) is 14.9 Å². The quantitative estimate of drug-likeness (QED) is 0.208. The van der Waals surface area contributed by atoms with Gasteiger partial charge < -0.3 is 19.4 Å². The fourth-order valence-electron chi connectivity index (χ4n) is 3.01. The number of amides is 1. The third-order valence-corrected chi connectivity index (χ3v) is 4.75. The Morgan fingerprint density at radius 1 is 1.34 bits per heavy atom. The van der Waals surface area contributed by atoms with E-state index in [9.17, 15) is 25.0 Å². The van der Waals surface area contributed by atoms with E-state index in [2.05, 4.69) is 5.32 Å². The van der Waals surface area contributed by atoms with Crippen molar-refractivity contribution >= 4 is 29.3 Å². The molecule has 0 aliphatic carbocycles. The van der Waals surface area contributed by atoms with Crippen LogP contribution in [0.3, 0.4) is 0 Å². The van der Waals surface area contributed by atoms with E-state index in [1.54, 1.807) is 7.11 Å². The molecular formula is C22H24N4O6. The SMILES string of the molecule is COCCn1c(C)cc(/C=C(\C#N)C(=O)O[C@H](C)C(=O)Nc2cccc([N+](=O)[O-])c2)c1C. The molecule has 32 heavy (non-hydrogen) atoms. The predicted octanol–water partition coefficient (Wildman–Crippen LogP) is 3.14. The standard InChI is InChI=1S/C22H24N4O6/c1-14-10-17(15(2)25(14)8-9-31-4)11-18(13-23)22(28)32-16(3)21(27)24-19-6-5-7-20(12-19)26(29)30/h5-7,10-12,16H,8-9H2,1-4H3,(H,24,27)/b18-11+/t16-/m1/s1. The van der Waals surface area contributed by atoms with Gasteiger partial charge in [-0.1, -0.05) is 6.07 Å². The Kier molecular flexibility index (Phi) is 8.26. The number of methoxy groups -OCH3 is 1. The highest BCUT2D eigenvalue weighted by Crippen LogP contribution is 2.20. The average molecular weight is 440 g/mol. The number of carbonyl (C=O) groups excluding carboxylic acids is 2. The number of rotatable bonds is 9. The van der Waals surface area contributed by atoms with E-state index in [4.69, 9.17) is 9.47 Å². The van der Waals surface area contributed by atoms with E-state index >= 15 is 0 Å². The number of anilines is 1. The first-order valence-corrected chi connectivity index (χ1v) is 9.71. The average Bonchev–Trinajstić information content (AvgIpc) is 3.02. The zero-order valence-electron chi connectivity index (χ0n) is 18.2. The molecule has 0 saturated carbocycles. The second-order valence-electron chi connectivity index (χ2n) is 6.98. The van der Waals surface area contributed by atoms with Crippen LogP contribution in [0.25, 0.3) is 6.08 Å². The van der Waals surface area contributed by atoms with Crippen LogP contribution in [0, 0.1) is 35.3 Å². The normalized spacial score (nSPS) is 12.0. The minimum absolute atomic E-state index is 0.187. The third kappa shape index (κ3) is 6.02. The van der Waals surface area contributed by atoms with Crippen molar-refractivity contribution < 1.29 is 24.0 Å². The highest BCUT2D eigenvalue weighted by Gasteiger charge is 2.22. The van der Waals surface area contributed by atoms with Crippen LogP contribution < -0.4 is 5.32 Å². The number of nitro benzene ring substituents is 1. The van der Waals surface area contributed by atoms with Gasteiger partial charge in [0.1, 0.15) is 11.6 Å². The van der Waals surface area contributed by atoms with E-state index in [-0.39, 0.29) is 16.9 Å². The molecule has 1 heterocycles. The Morgan fingerprint density at radius 3 is 2.69 bits per heavy atom. The molecule has 1 amide bonds. The number of benzene rings is 1. The topological polar surface area (TPSA) is 136 Å². The van der Waals surface area contributed by atoms with Crippen LogP contribution in [-0.4, -0.2) is 41.2 Å². The number of carbonyl (C=O) groups is 2. The van der Waals surface area contributed by atoms with Gasteiger partial charge in [-0.15, -0.1) is 0 Å². The van der Waals surface area contributed by atoms with Crippen molar-refractivity contribution in [1.82, 2.24) is 4.57 Å². The van der Waals surface area contributed by atoms with Gasteiger partial charge in [-0.2, -0.15) is 5.26 Å².